The minimum absolute atomic E-state index is 0.486. The fourth-order valence-corrected chi connectivity index (χ4v) is 3.11. The van der Waals surface area contributed by atoms with Gasteiger partial charge >= 0.3 is 0 Å². The summed E-state index contributed by atoms with van der Waals surface area (Å²) in [6.07, 6.45) is 3.65. The second-order valence-corrected chi connectivity index (χ2v) is 6.20. The third kappa shape index (κ3) is 3.32. The number of rotatable bonds is 4. The lowest BCUT2D eigenvalue weighted by Gasteiger charge is -2.33. The third-order valence-electron chi connectivity index (χ3n) is 4.43. The van der Waals surface area contributed by atoms with Crippen molar-refractivity contribution < 1.29 is 9.47 Å². The Morgan fingerprint density at radius 1 is 1.05 bits per heavy atom. The van der Waals surface area contributed by atoms with Gasteiger partial charge in [-0.15, -0.1) is 0 Å². The first-order valence-electron chi connectivity index (χ1n) is 7.23. The fraction of sp³-hybridized carbons (Fsp3) is 0.625. The molecule has 1 aromatic rings. The minimum Gasteiger partial charge on any atom is -0.495 e. The topological polar surface area (TPSA) is 30.5 Å². The summed E-state index contributed by atoms with van der Waals surface area (Å²) in [5.74, 6) is 2.98. The summed E-state index contributed by atoms with van der Waals surface area (Å²) in [6, 6.07) is 4.21. The van der Waals surface area contributed by atoms with Crippen molar-refractivity contribution in [3.63, 3.8) is 0 Å². The summed E-state index contributed by atoms with van der Waals surface area (Å²) < 4.78 is 10.7. The van der Waals surface area contributed by atoms with Gasteiger partial charge in [0.25, 0.3) is 0 Å². The molecular formula is C16H24ClNO2. The highest BCUT2D eigenvalue weighted by atomic mass is 35.5. The average Bonchev–Trinajstić information content (AvgIpc) is 2.43. The third-order valence-corrected chi connectivity index (χ3v) is 4.73. The summed E-state index contributed by atoms with van der Waals surface area (Å²) in [5, 5.41) is 4.18. The number of ether oxygens (including phenoxy) is 2. The molecule has 0 saturated heterocycles. The van der Waals surface area contributed by atoms with Gasteiger partial charge in [0.2, 0.25) is 0 Å². The Labute approximate surface area is 126 Å². The molecule has 4 heteroatoms. The SMILES string of the molecule is COc1cc(OC)c(NC2CCC(C)C(C)C2)cc1Cl. The molecule has 0 aromatic heterocycles. The number of nitrogens with one attached hydrogen (secondary N) is 1. The van der Waals surface area contributed by atoms with Crippen LogP contribution in [0.3, 0.4) is 0 Å². The van der Waals surface area contributed by atoms with Gasteiger partial charge in [0, 0.05) is 12.1 Å². The Morgan fingerprint density at radius 2 is 1.75 bits per heavy atom. The molecule has 112 valence electrons. The largest absolute Gasteiger partial charge is 0.495 e. The Balaban J connectivity index is 2.14. The number of hydrogen-bond donors (Lipinski definition) is 1. The van der Waals surface area contributed by atoms with Crippen LogP contribution in [-0.4, -0.2) is 20.3 Å². The maximum Gasteiger partial charge on any atom is 0.145 e. The van der Waals surface area contributed by atoms with Gasteiger partial charge < -0.3 is 14.8 Å². The predicted octanol–water partition coefficient (Wildman–Crippen LogP) is 4.59. The first-order chi connectivity index (χ1) is 9.55. The van der Waals surface area contributed by atoms with Crippen molar-refractivity contribution in [1.29, 1.82) is 0 Å². The molecule has 1 aliphatic carbocycles. The van der Waals surface area contributed by atoms with Gasteiger partial charge in [-0.05, 0) is 37.2 Å². The Morgan fingerprint density at radius 3 is 2.35 bits per heavy atom. The molecule has 1 aromatic carbocycles. The van der Waals surface area contributed by atoms with Crippen molar-refractivity contribution >= 4 is 17.3 Å². The van der Waals surface area contributed by atoms with Gasteiger partial charge in [0.1, 0.15) is 11.5 Å². The van der Waals surface area contributed by atoms with Crippen molar-refractivity contribution in [1.82, 2.24) is 0 Å². The van der Waals surface area contributed by atoms with E-state index in [1.54, 1.807) is 14.2 Å². The highest BCUT2D eigenvalue weighted by Crippen LogP contribution is 2.38. The maximum absolute atomic E-state index is 6.21. The van der Waals surface area contributed by atoms with E-state index in [-0.39, 0.29) is 0 Å². The summed E-state index contributed by atoms with van der Waals surface area (Å²) >= 11 is 6.21. The Kier molecular flexibility index (Phi) is 5.03. The molecule has 0 aliphatic heterocycles. The van der Waals surface area contributed by atoms with Crippen LogP contribution in [0.4, 0.5) is 5.69 Å². The highest BCUT2D eigenvalue weighted by molar-refractivity contribution is 6.32. The lowest BCUT2D eigenvalue weighted by Crippen LogP contribution is -2.30. The standard InChI is InChI=1S/C16H24ClNO2/c1-10-5-6-12(7-11(10)2)18-14-8-13(17)15(19-3)9-16(14)20-4/h8-12,18H,5-7H2,1-4H3. The van der Waals surface area contributed by atoms with E-state index in [0.717, 1.165) is 23.3 Å². The van der Waals surface area contributed by atoms with E-state index in [0.29, 0.717) is 16.8 Å². The molecule has 0 heterocycles. The van der Waals surface area contributed by atoms with Crippen LogP contribution in [0.15, 0.2) is 12.1 Å². The predicted molar refractivity (Wildman–Crippen MR) is 84.1 cm³/mol. The Hall–Kier alpha value is -1.09. The summed E-state index contributed by atoms with van der Waals surface area (Å²) in [7, 11) is 3.28. The summed E-state index contributed by atoms with van der Waals surface area (Å²) in [6.45, 7) is 4.67. The van der Waals surface area contributed by atoms with Crippen LogP contribution >= 0.6 is 11.6 Å². The number of halogens is 1. The van der Waals surface area contributed by atoms with Crippen molar-refractivity contribution in [3.05, 3.63) is 17.2 Å². The van der Waals surface area contributed by atoms with Crippen molar-refractivity contribution in [3.8, 4) is 11.5 Å². The molecule has 1 fully saturated rings. The normalized spacial score (nSPS) is 26.1. The van der Waals surface area contributed by atoms with Crippen LogP contribution in [0.25, 0.3) is 0 Å². The van der Waals surface area contributed by atoms with Gasteiger partial charge in [0.05, 0.1) is 24.9 Å². The molecule has 0 radical (unpaired) electrons. The molecule has 2 rings (SSSR count). The second kappa shape index (κ2) is 6.57. The first-order valence-corrected chi connectivity index (χ1v) is 7.61. The average molecular weight is 298 g/mol. The zero-order valence-electron chi connectivity index (χ0n) is 12.7. The number of benzene rings is 1. The molecule has 3 unspecified atom stereocenters. The molecule has 0 bridgehead atoms. The van der Waals surface area contributed by atoms with E-state index in [1.807, 2.05) is 12.1 Å². The molecule has 0 amide bonds. The highest BCUT2D eigenvalue weighted by Gasteiger charge is 2.25. The van der Waals surface area contributed by atoms with Crippen LogP contribution in [0.2, 0.25) is 5.02 Å². The van der Waals surface area contributed by atoms with E-state index < -0.39 is 0 Å². The number of anilines is 1. The zero-order valence-corrected chi connectivity index (χ0v) is 13.5. The van der Waals surface area contributed by atoms with Gasteiger partial charge in [-0.3, -0.25) is 0 Å². The minimum atomic E-state index is 0.486. The fourth-order valence-electron chi connectivity index (χ4n) is 2.87. The lowest BCUT2D eigenvalue weighted by atomic mass is 9.79. The van der Waals surface area contributed by atoms with E-state index in [1.165, 1.54) is 19.3 Å². The molecule has 20 heavy (non-hydrogen) atoms. The molecule has 3 atom stereocenters. The van der Waals surface area contributed by atoms with Crippen molar-refractivity contribution in [2.45, 2.75) is 39.2 Å². The zero-order chi connectivity index (χ0) is 14.7. The summed E-state index contributed by atoms with van der Waals surface area (Å²) in [5.41, 5.74) is 0.949. The van der Waals surface area contributed by atoms with Gasteiger partial charge in [-0.1, -0.05) is 25.4 Å². The molecule has 1 N–H and O–H groups in total. The smallest absolute Gasteiger partial charge is 0.145 e. The molecule has 0 spiro atoms. The number of methoxy groups -OCH3 is 2. The van der Waals surface area contributed by atoms with Crippen molar-refractivity contribution in [2.75, 3.05) is 19.5 Å². The van der Waals surface area contributed by atoms with Crippen LogP contribution < -0.4 is 14.8 Å². The van der Waals surface area contributed by atoms with Gasteiger partial charge in [0.15, 0.2) is 0 Å². The van der Waals surface area contributed by atoms with E-state index in [4.69, 9.17) is 21.1 Å². The lowest BCUT2D eigenvalue weighted by molar-refractivity contribution is 0.260. The van der Waals surface area contributed by atoms with Crippen molar-refractivity contribution in [2.24, 2.45) is 11.8 Å². The number of hydrogen-bond acceptors (Lipinski definition) is 3. The quantitative estimate of drug-likeness (QED) is 0.881. The second-order valence-electron chi connectivity index (χ2n) is 5.80. The first kappa shape index (κ1) is 15.3. The van der Waals surface area contributed by atoms with E-state index in [2.05, 4.69) is 19.2 Å². The van der Waals surface area contributed by atoms with Crippen LogP contribution in [0.5, 0.6) is 11.5 Å². The van der Waals surface area contributed by atoms with Gasteiger partial charge in [-0.25, -0.2) is 0 Å². The molecular weight excluding hydrogens is 274 g/mol. The van der Waals surface area contributed by atoms with E-state index >= 15 is 0 Å². The molecule has 1 aliphatic rings. The Bertz CT molecular complexity index is 464. The van der Waals surface area contributed by atoms with E-state index in [9.17, 15) is 0 Å². The maximum atomic E-state index is 6.21. The monoisotopic (exact) mass is 297 g/mol. The molecule has 1 saturated carbocycles. The van der Waals surface area contributed by atoms with Crippen LogP contribution in [0, 0.1) is 11.8 Å². The van der Waals surface area contributed by atoms with Gasteiger partial charge in [-0.2, -0.15) is 0 Å². The van der Waals surface area contributed by atoms with Crippen LogP contribution in [-0.2, 0) is 0 Å². The summed E-state index contributed by atoms with van der Waals surface area (Å²) in [4.78, 5) is 0. The molecule has 3 nitrogen and oxygen atoms in total. The van der Waals surface area contributed by atoms with Crippen LogP contribution in [0.1, 0.15) is 33.1 Å².